The number of allylic oxidation sites excluding steroid dienone is 1. The topological polar surface area (TPSA) is 89.5 Å². The normalized spacial score (nSPS) is 19.2. The van der Waals surface area contributed by atoms with Crippen molar-refractivity contribution < 1.29 is 28.8 Å². The fourth-order valence-electron chi connectivity index (χ4n) is 5.02. The van der Waals surface area contributed by atoms with Crippen molar-refractivity contribution in [3.8, 4) is 11.5 Å². The molecule has 0 saturated carbocycles. The van der Waals surface area contributed by atoms with Crippen LogP contribution in [0.3, 0.4) is 0 Å². The van der Waals surface area contributed by atoms with Crippen LogP contribution in [0.4, 0.5) is 0 Å². The van der Waals surface area contributed by atoms with E-state index in [1.165, 1.54) is 11.1 Å². The minimum atomic E-state index is -0.831. The van der Waals surface area contributed by atoms with E-state index in [1.54, 1.807) is 28.4 Å². The van der Waals surface area contributed by atoms with Crippen LogP contribution < -0.4 is 14.8 Å². The molecule has 0 radical (unpaired) electrons. The first kappa shape index (κ1) is 27.0. The number of likely N-dealkylation sites (N-methyl/N-ethyl adjacent to an activating group) is 1. The van der Waals surface area contributed by atoms with Crippen LogP contribution in [-0.2, 0) is 20.7 Å². The SMILES string of the molecule is COC1=CC(CC(=O)O)=C(CCNCCCN(C)C[C@H]2Cc3cc(OC)c(OC)cc32)CC1OC. The first-order valence-electron chi connectivity index (χ1n) is 12.2. The highest BCUT2D eigenvalue weighted by atomic mass is 16.5. The number of carboxylic acids is 1. The van der Waals surface area contributed by atoms with Gasteiger partial charge in [-0.3, -0.25) is 4.79 Å². The molecule has 0 bridgehead atoms. The van der Waals surface area contributed by atoms with Crippen LogP contribution in [0.5, 0.6) is 11.5 Å². The molecule has 0 fully saturated rings. The molecule has 35 heavy (non-hydrogen) atoms. The van der Waals surface area contributed by atoms with E-state index < -0.39 is 5.97 Å². The first-order chi connectivity index (χ1) is 16.9. The van der Waals surface area contributed by atoms with Gasteiger partial charge in [0.2, 0.25) is 0 Å². The van der Waals surface area contributed by atoms with E-state index in [0.29, 0.717) is 18.1 Å². The van der Waals surface area contributed by atoms with E-state index in [1.807, 2.05) is 6.08 Å². The molecule has 2 N–H and O–H groups in total. The van der Waals surface area contributed by atoms with Crippen LogP contribution in [0.15, 0.2) is 35.1 Å². The molecule has 0 spiro atoms. The summed E-state index contributed by atoms with van der Waals surface area (Å²) < 4.78 is 21.8. The highest BCUT2D eigenvalue weighted by Gasteiger charge is 2.29. The molecule has 0 aromatic heterocycles. The third-order valence-electron chi connectivity index (χ3n) is 6.96. The van der Waals surface area contributed by atoms with Gasteiger partial charge in [-0.2, -0.15) is 0 Å². The molecule has 2 aliphatic carbocycles. The highest BCUT2D eigenvalue weighted by molar-refractivity contribution is 5.71. The lowest BCUT2D eigenvalue weighted by Crippen LogP contribution is -2.32. The lowest BCUT2D eigenvalue weighted by molar-refractivity contribution is -0.136. The second-order valence-electron chi connectivity index (χ2n) is 9.30. The van der Waals surface area contributed by atoms with E-state index in [4.69, 9.17) is 18.9 Å². The number of nitrogens with zero attached hydrogens (tertiary/aromatic N) is 1. The quantitative estimate of drug-likeness (QED) is 0.363. The summed E-state index contributed by atoms with van der Waals surface area (Å²) in [5.74, 6) is 1.99. The second kappa shape index (κ2) is 13.0. The molecule has 1 aromatic rings. The van der Waals surface area contributed by atoms with Crippen molar-refractivity contribution in [3.63, 3.8) is 0 Å². The Morgan fingerprint density at radius 1 is 1.09 bits per heavy atom. The number of nitrogens with one attached hydrogen (secondary N) is 1. The number of hydrogen-bond acceptors (Lipinski definition) is 7. The monoisotopic (exact) mass is 488 g/mol. The number of carboxylic acid groups (broad SMARTS) is 1. The Labute approximate surface area is 208 Å². The minimum absolute atomic E-state index is 0.00632. The Balaban J connectivity index is 1.40. The molecule has 0 aliphatic heterocycles. The summed E-state index contributed by atoms with van der Waals surface area (Å²) in [4.78, 5) is 13.7. The molecule has 3 rings (SSSR count). The van der Waals surface area contributed by atoms with Gasteiger partial charge in [0, 0.05) is 26.0 Å². The number of carbonyl (C=O) groups is 1. The summed E-state index contributed by atoms with van der Waals surface area (Å²) in [5, 5.41) is 12.8. The summed E-state index contributed by atoms with van der Waals surface area (Å²) >= 11 is 0. The van der Waals surface area contributed by atoms with Crippen molar-refractivity contribution in [2.24, 2.45) is 0 Å². The van der Waals surface area contributed by atoms with Crippen LogP contribution in [0.1, 0.15) is 42.7 Å². The van der Waals surface area contributed by atoms with Gasteiger partial charge in [-0.1, -0.05) is 5.57 Å². The van der Waals surface area contributed by atoms with Crippen molar-refractivity contribution in [1.82, 2.24) is 10.2 Å². The molecule has 8 heteroatoms. The lowest BCUT2D eigenvalue weighted by Gasteiger charge is -2.34. The number of benzene rings is 1. The third-order valence-corrected chi connectivity index (χ3v) is 6.96. The lowest BCUT2D eigenvalue weighted by atomic mass is 9.77. The molecular weight excluding hydrogens is 448 g/mol. The van der Waals surface area contributed by atoms with Crippen LogP contribution in [0, 0.1) is 0 Å². The summed E-state index contributed by atoms with van der Waals surface area (Å²) in [5.41, 5.74) is 4.68. The van der Waals surface area contributed by atoms with Crippen molar-refractivity contribution in [1.29, 1.82) is 0 Å². The average Bonchev–Trinajstić information content (AvgIpc) is 2.84. The van der Waals surface area contributed by atoms with Crippen molar-refractivity contribution >= 4 is 5.97 Å². The minimum Gasteiger partial charge on any atom is -0.498 e. The highest BCUT2D eigenvalue weighted by Crippen LogP contribution is 2.42. The van der Waals surface area contributed by atoms with Crippen LogP contribution in [0.25, 0.3) is 0 Å². The number of fused-ring (bicyclic) bond motifs is 1. The van der Waals surface area contributed by atoms with Crippen molar-refractivity contribution in [2.75, 3.05) is 61.7 Å². The fraction of sp³-hybridized carbons (Fsp3) is 0.593. The number of aliphatic carboxylic acids is 1. The van der Waals surface area contributed by atoms with Crippen LogP contribution >= 0.6 is 0 Å². The van der Waals surface area contributed by atoms with Gasteiger partial charge in [-0.25, -0.2) is 0 Å². The van der Waals surface area contributed by atoms with Gasteiger partial charge in [-0.15, -0.1) is 0 Å². The van der Waals surface area contributed by atoms with Gasteiger partial charge in [-0.05, 0) is 80.9 Å². The molecule has 2 aliphatic rings. The maximum atomic E-state index is 11.3. The van der Waals surface area contributed by atoms with E-state index in [0.717, 1.165) is 68.1 Å². The predicted octanol–water partition coefficient (Wildman–Crippen LogP) is 3.37. The number of hydrogen-bond donors (Lipinski definition) is 2. The van der Waals surface area contributed by atoms with Gasteiger partial charge in [0.1, 0.15) is 11.9 Å². The molecule has 1 unspecified atom stereocenters. The van der Waals surface area contributed by atoms with Gasteiger partial charge < -0.3 is 34.3 Å². The Morgan fingerprint density at radius 2 is 1.83 bits per heavy atom. The Morgan fingerprint density at radius 3 is 2.49 bits per heavy atom. The summed E-state index contributed by atoms with van der Waals surface area (Å²) in [6.45, 7) is 3.78. The predicted molar refractivity (Wildman–Crippen MR) is 135 cm³/mol. The molecule has 2 atom stereocenters. The molecule has 1 aromatic carbocycles. The summed E-state index contributed by atoms with van der Waals surface area (Å²) in [6.07, 6.45) is 5.29. The van der Waals surface area contributed by atoms with E-state index in [-0.39, 0.29) is 12.5 Å². The standard InChI is InChI=1S/C27H40N2O6/c1-29(17-21-11-20-14-25(34-4)26(35-5)16-22(20)21)10-6-8-28-9-7-18-12-23(32-2)24(33-3)13-19(18)15-27(30)31/h13-14,16,21,23,28H,6-12,15,17H2,1-5H3,(H,30,31)/t21-,23?/m1/s1. The third kappa shape index (κ3) is 6.99. The zero-order valence-electron chi connectivity index (χ0n) is 21.7. The Kier molecular flexibility index (Phi) is 10.0. The first-order valence-corrected chi connectivity index (χ1v) is 12.2. The van der Waals surface area contributed by atoms with Crippen LogP contribution in [-0.4, -0.2) is 83.7 Å². The van der Waals surface area contributed by atoms with Gasteiger partial charge in [0.05, 0.1) is 27.8 Å². The van der Waals surface area contributed by atoms with Crippen molar-refractivity contribution in [3.05, 3.63) is 46.2 Å². The van der Waals surface area contributed by atoms with E-state index in [9.17, 15) is 9.90 Å². The fourth-order valence-corrected chi connectivity index (χ4v) is 5.02. The summed E-state index contributed by atoms with van der Waals surface area (Å²) in [7, 11) is 8.78. The van der Waals surface area contributed by atoms with E-state index in [2.05, 4.69) is 29.4 Å². The van der Waals surface area contributed by atoms with Gasteiger partial charge >= 0.3 is 5.97 Å². The van der Waals surface area contributed by atoms with E-state index >= 15 is 0 Å². The zero-order valence-corrected chi connectivity index (χ0v) is 21.7. The molecule has 0 heterocycles. The Bertz CT molecular complexity index is 942. The molecule has 194 valence electrons. The number of methoxy groups -OCH3 is 4. The molecular formula is C27H40N2O6. The molecule has 8 nitrogen and oxygen atoms in total. The van der Waals surface area contributed by atoms with Crippen molar-refractivity contribution in [2.45, 2.75) is 44.1 Å². The molecule has 0 amide bonds. The number of ether oxygens (including phenoxy) is 4. The average molecular weight is 489 g/mol. The molecule has 0 saturated heterocycles. The van der Waals surface area contributed by atoms with Gasteiger partial charge in [0.25, 0.3) is 0 Å². The van der Waals surface area contributed by atoms with Crippen LogP contribution in [0.2, 0.25) is 0 Å². The largest absolute Gasteiger partial charge is 0.498 e. The smallest absolute Gasteiger partial charge is 0.307 e. The zero-order chi connectivity index (χ0) is 25.4. The summed E-state index contributed by atoms with van der Waals surface area (Å²) in [6, 6.07) is 4.22. The number of rotatable bonds is 15. The maximum Gasteiger partial charge on any atom is 0.307 e. The maximum absolute atomic E-state index is 11.3. The second-order valence-corrected chi connectivity index (χ2v) is 9.30. The Hall–Kier alpha value is -2.55. The van der Waals surface area contributed by atoms with Gasteiger partial charge in [0.15, 0.2) is 11.5 Å².